The molecule has 0 radical (unpaired) electrons. The van der Waals surface area contributed by atoms with Gasteiger partial charge in [-0.05, 0) is 30.7 Å². The molecule has 0 aliphatic heterocycles. The predicted octanol–water partition coefficient (Wildman–Crippen LogP) is 3.74. The van der Waals surface area contributed by atoms with Crippen molar-refractivity contribution in [3.63, 3.8) is 0 Å². The zero-order chi connectivity index (χ0) is 15.4. The van der Waals surface area contributed by atoms with Crippen LogP contribution in [0.4, 0.5) is 4.39 Å². The summed E-state index contributed by atoms with van der Waals surface area (Å²) in [6.45, 7) is 3.74. The van der Waals surface area contributed by atoms with E-state index in [0.717, 1.165) is 5.57 Å². The Morgan fingerprint density at radius 3 is 2.86 bits per heavy atom. The number of aromatic nitrogens is 1. The lowest BCUT2D eigenvalue weighted by molar-refractivity contribution is 0.0594. The summed E-state index contributed by atoms with van der Waals surface area (Å²) < 4.78 is 19.1. The van der Waals surface area contributed by atoms with Crippen molar-refractivity contribution in [3.05, 3.63) is 59.5 Å². The SMILES string of the molecule is C/C=C/C1=CC(C)C(F)C(c2cccc(C(=O)OC)n2)=C1. The summed E-state index contributed by atoms with van der Waals surface area (Å²) in [6.07, 6.45) is 6.35. The Hall–Kier alpha value is -2.23. The quantitative estimate of drug-likeness (QED) is 0.795. The smallest absolute Gasteiger partial charge is 0.356 e. The van der Waals surface area contributed by atoms with Gasteiger partial charge in [-0.1, -0.05) is 31.2 Å². The second kappa shape index (κ2) is 6.48. The predicted molar refractivity (Wildman–Crippen MR) is 80.5 cm³/mol. The second-order valence-electron chi connectivity index (χ2n) is 4.93. The maximum Gasteiger partial charge on any atom is 0.356 e. The summed E-state index contributed by atoms with van der Waals surface area (Å²) in [7, 11) is 1.30. The molecule has 1 aromatic rings. The molecule has 0 amide bonds. The highest BCUT2D eigenvalue weighted by atomic mass is 19.1. The average Bonchev–Trinajstić information content (AvgIpc) is 2.50. The number of ether oxygens (including phenoxy) is 1. The molecule has 2 rings (SSSR count). The molecule has 1 aliphatic rings. The van der Waals surface area contributed by atoms with Crippen LogP contribution in [0, 0.1) is 5.92 Å². The molecule has 0 saturated heterocycles. The molecular formula is C17H18FNO2. The molecule has 0 N–H and O–H groups in total. The van der Waals surface area contributed by atoms with E-state index in [4.69, 9.17) is 0 Å². The zero-order valence-electron chi connectivity index (χ0n) is 12.3. The maximum absolute atomic E-state index is 14.5. The number of alkyl halides is 1. The van der Waals surface area contributed by atoms with Gasteiger partial charge in [-0.25, -0.2) is 14.2 Å². The van der Waals surface area contributed by atoms with Gasteiger partial charge in [0.2, 0.25) is 0 Å². The van der Waals surface area contributed by atoms with Crippen molar-refractivity contribution in [2.75, 3.05) is 7.11 Å². The van der Waals surface area contributed by atoms with Gasteiger partial charge in [0.25, 0.3) is 0 Å². The Bertz CT molecular complexity index is 631. The zero-order valence-corrected chi connectivity index (χ0v) is 12.3. The topological polar surface area (TPSA) is 39.2 Å². The highest BCUT2D eigenvalue weighted by molar-refractivity contribution is 5.87. The summed E-state index contributed by atoms with van der Waals surface area (Å²) >= 11 is 0. The van der Waals surface area contributed by atoms with Gasteiger partial charge in [-0.15, -0.1) is 0 Å². The summed E-state index contributed by atoms with van der Waals surface area (Å²) in [5, 5.41) is 0. The van der Waals surface area contributed by atoms with E-state index in [1.807, 2.05) is 32.1 Å². The standard InChI is InChI=1S/C17H18FNO2/c1-4-6-12-9-11(2)16(18)13(10-12)14-7-5-8-15(19-14)17(20)21-3/h4-11,16H,1-3H3/b6-4+. The number of nitrogens with zero attached hydrogens (tertiary/aromatic N) is 1. The number of esters is 1. The van der Waals surface area contributed by atoms with Crippen molar-refractivity contribution >= 4 is 11.5 Å². The van der Waals surface area contributed by atoms with Crippen molar-refractivity contribution in [3.8, 4) is 0 Å². The van der Waals surface area contributed by atoms with E-state index in [0.29, 0.717) is 11.3 Å². The van der Waals surface area contributed by atoms with Crippen molar-refractivity contribution in [1.29, 1.82) is 0 Å². The van der Waals surface area contributed by atoms with Crippen LogP contribution >= 0.6 is 0 Å². The number of hydrogen-bond acceptors (Lipinski definition) is 3. The number of carbonyl (C=O) groups is 1. The van der Waals surface area contributed by atoms with E-state index in [-0.39, 0.29) is 11.6 Å². The third kappa shape index (κ3) is 3.27. The Morgan fingerprint density at radius 1 is 1.43 bits per heavy atom. The molecule has 0 saturated carbocycles. The lowest BCUT2D eigenvalue weighted by atomic mass is 9.87. The summed E-state index contributed by atoms with van der Waals surface area (Å²) in [6, 6.07) is 4.94. The second-order valence-corrected chi connectivity index (χ2v) is 4.93. The molecule has 21 heavy (non-hydrogen) atoms. The Balaban J connectivity index is 2.44. The molecule has 1 aromatic heterocycles. The summed E-state index contributed by atoms with van der Waals surface area (Å²) in [5.41, 5.74) is 2.08. The number of methoxy groups -OCH3 is 1. The number of hydrogen-bond donors (Lipinski definition) is 0. The minimum Gasteiger partial charge on any atom is -0.464 e. The molecule has 1 aliphatic carbocycles. The van der Waals surface area contributed by atoms with Gasteiger partial charge in [-0.2, -0.15) is 0 Å². The van der Waals surface area contributed by atoms with Gasteiger partial charge in [0.1, 0.15) is 11.9 Å². The van der Waals surface area contributed by atoms with Crippen LogP contribution in [0.2, 0.25) is 0 Å². The van der Waals surface area contributed by atoms with Crippen molar-refractivity contribution < 1.29 is 13.9 Å². The maximum atomic E-state index is 14.5. The first kappa shape index (κ1) is 15.2. The Labute approximate surface area is 123 Å². The lowest BCUT2D eigenvalue weighted by Gasteiger charge is -2.22. The first-order valence-corrected chi connectivity index (χ1v) is 6.82. The largest absolute Gasteiger partial charge is 0.464 e. The molecule has 0 fully saturated rings. The van der Waals surface area contributed by atoms with E-state index in [1.54, 1.807) is 24.3 Å². The third-order valence-corrected chi connectivity index (χ3v) is 3.33. The molecule has 1 heterocycles. The van der Waals surface area contributed by atoms with E-state index in [2.05, 4.69) is 9.72 Å². The Kier molecular flexibility index (Phi) is 4.68. The molecule has 4 heteroatoms. The van der Waals surface area contributed by atoms with E-state index >= 15 is 0 Å². The van der Waals surface area contributed by atoms with Crippen LogP contribution in [-0.2, 0) is 4.74 Å². The highest BCUT2D eigenvalue weighted by Gasteiger charge is 2.25. The molecule has 2 unspecified atom stereocenters. The molecule has 110 valence electrons. The summed E-state index contributed by atoms with van der Waals surface area (Å²) in [4.78, 5) is 15.8. The van der Waals surface area contributed by atoms with Crippen molar-refractivity contribution in [2.24, 2.45) is 5.92 Å². The van der Waals surface area contributed by atoms with Gasteiger partial charge >= 0.3 is 5.97 Å². The van der Waals surface area contributed by atoms with Gasteiger partial charge < -0.3 is 4.74 Å². The fourth-order valence-electron chi connectivity index (χ4n) is 2.30. The minimum absolute atomic E-state index is 0.179. The minimum atomic E-state index is -1.14. The van der Waals surface area contributed by atoms with Gasteiger partial charge in [0.15, 0.2) is 0 Å². The van der Waals surface area contributed by atoms with Gasteiger partial charge in [0, 0.05) is 11.5 Å². The van der Waals surface area contributed by atoms with Crippen LogP contribution in [0.25, 0.3) is 5.57 Å². The first-order chi connectivity index (χ1) is 10.1. The van der Waals surface area contributed by atoms with E-state index in [9.17, 15) is 9.18 Å². The van der Waals surface area contributed by atoms with Crippen LogP contribution in [0.3, 0.4) is 0 Å². The Morgan fingerprint density at radius 2 is 2.19 bits per heavy atom. The van der Waals surface area contributed by atoms with Crippen LogP contribution < -0.4 is 0 Å². The van der Waals surface area contributed by atoms with Crippen molar-refractivity contribution in [2.45, 2.75) is 20.0 Å². The van der Waals surface area contributed by atoms with E-state index < -0.39 is 12.1 Å². The number of halogens is 1. The molecular weight excluding hydrogens is 269 g/mol. The molecule has 0 spiro atoms. The average molecular weight is 287 g/mol. The number of carbonyl (C=O) groups excluding carboxylic acids is 1. The molecule has 0 bridgehead atoms. The monoisotopic (exact) mass is 287 g/mol. The molecule has 2 atom stereocenters. The highest BCUT2D eigenvalue weighted by Crippen LogP contribution is 2.32. The van der Waals surface area contributed by atoms with Gasteiger partial charge in [0.05, 0.1) is 12.8 Å². The fraction of sp³-hybridized carbons (Fsp3) is 0.294. The van der Waals surface area contributed by atoms with Crippen LogP contribution in [0.15, 0.2) is 48.1 Å². The van der Waals surface area contributed by atoms with E-state index in [1.165, 1.54) is 7.11 Å². The number of pyridine rings is 1. The van der Waals surface area contributed by atoms with Crippen LogP contribution in [-0.4, -0.2) is 24.2 Å². The molecule has 3 nitrogen and oxygen atoms in total. The number of allylic oxidation sites excluding steroid dienone is 6. The first-order valence-electron chi connectivity index (χ1n) is 6.82. The van der Waals surface area contributed by atoms with Gasteiger partial charge in [-0.3, -0.25) is 0 Å². The summed E-state index contributed by atoms with van der Waals surface area (Å²) in [5.74, 6) is -0.763. The molecule has 0 aromatic carbocycles. The van der Waals surface area contributed by atoms with Crippen LogP contribution in [0.5, 0.6) is 0 Å². The third-order valence-electron chi connectivity index (χ3n) is 3.33. The normalized spacial score (nSPS) is 21.9. The fourth-order valence-corrected chi connectivity index (χ4v) is 2.30. The van der Waals surface area contributed by atoms with Crippen LogP contribution in [0.1, 0.15) is 30.0 Å². The lowest BCUT2D eigenvalue weighted by Crippen LogP contribution is -2.18. The number of rotatable bonds is 3. The van der Waals surface area contributed by atoms with Crippen molar-refractivity contribution in [1.82, 2.24) is 4.98 Å².